The maximum absolute atomic E-state index is 15.6. The molecule has 2 bridgehead atoms. The van der Waals surface area contributed by atoms with Crippen molar-refractivity contribution in [3.8, 4) is 11.5 Å². The molecule has 3 aliphatic rings. The summed E-state index contributed by atoms with van der Waals surface area (Å²) in [6, 6.07) is 8.01. The van der Waals surface area contributed by atoms with Crippen molar-refractivity contribution in [1.29, 1.82) is 0 Å². The van der Waals surface area contributed by atoms with Gasteiger partial charge in [0.05, 0.1) is 41.0 Å². The van der Waals surface area contributed by atoms with Gasteiger partial charge in [0.1, 0.15) is 11.8 Å². The lowest BCUT2D eigenvalue weighted by Crippen LogP contribution is -2.52. The number of hydrogen-bond donors (Lipinski definition) is 3. The number of halogens is 3. The summed E-state index contributed by atoms with van der Waals surface area (Å²) in [5.74, 6) is -2.93. The molecule has 238 valence electrons. The van der Waals surface area contributed by atoms with Gasteiger partial charge in [0, 0.05) is 36.9 Å². The summed E-state index contributed by atoms with van der Waals surface area (Å²) >= 11 is 0. The van der Waals surface area contributed by atoms with Crippen molar-refractivity contribution in [2.45, 2.75) is 76.7 Å². The highest BCUT2D eigenvalue weighted by atomic mass is 19.3. The first kappa shape index (κ1) is 29.8. The van der Waals surface area contributed by atoms with Gasteiger partial charge in [-0.05, 0) is 87.9 Å². The monoisotopic (exact) mass is 621 g/mol. The highest BCUT2D eigenvalue weighted by Gasteiger charge is 2.43. The van der Waals surface area contributed by atoms with Crippen LogP contribution in [0.4, 0.5) is 13.2 Å². The van der Waals surface area contributed by atoms with Crippen LogP contribution in [0.1, 0.15) is 66.7 Å². The molecule has 1 saturated heterocycles. The molecule has 5 heterocycles. The van der Waals surface area contributed by atoms with Gasteiger partial charge < -0.3 is 25.1 Å². The van der Waals surface area contributed by atoms with Crippen LogP contribution in [0.5, 0.6) is 0 Å². The summed E-state index contributed by atoms with van der Waals surface area (Å²) in [7, 11) is 1.82. The highest BCUT2D eigenvalue weighted by Crippen LogP contribution is 2.44. The third-order valence-electron chi connectivity index (χ3n) is 9.75. The minimum absolute atomic E-state index is 0.0442. The van der Waals surface area contributed by atoms with Gasteiger partial charge >= 0.3 is 0 Å². The van der Waals surface area contributed by atoms with E-state index in [4.69, 9.17) is 9.97 Å². The molecule has 45 heavy (non-hydrogen) atoms. The van der Waals surface area contributed by atoms with Crippen molar-refractivity contribution in [1.82, 2.24) is 35.1 Å². The number of nitrogens with zero attached hydrogens (tertiary/aromatic N) is 4. The second-order valence-corrected chi connectivity index (χ2v) is 13.1. The first-order chi connectivity index (χ1) is 21.5. The summed E-state index contributed by atoms with van der Waals surface area (Å²) in [6.45, 7) is 4.05. The second-order valence-electron chi connectivity index (χ2n) is 13.1. The number of aromatic nitrogens is 4. The summed E-state index contributed by atoms with van der Waals surface area (Å²) in [6.07, 6.45) is 0.602. The summed E-state index contributed by atoms with van der Waals surface area (Å²) < 4.78 is 49.0. The second kappa shape index (κ2) is 11.1. The van der Waals surface area contributed by atoms with Gasteiger partial charge in [0.25, 0.3) is 11.8 Å². The molecular weight excluding hydrogens is 583 g/mol. The van der Waals surface area contributed by atoms with Crippen LogP contribution < -0.4 is 16.0 Å². The van der Waals surface area contributed by atoms with Crippen LogP contribution in [-0.2, 0) is 18.4 Å². The van der Waals surface area contributed by atoms with E-state index in [9.17, 15) is 14.0 Å². The van der Waals surface area contributed by atoms with Gasteiger partial charge in [-0.15, -0.1) is 0 Å². The molecule has 2 amide bonds. The van der Waals surface area contributed by atoms with Gasteiger partial charge in [-0.3, -0.25) is 9.59 Å². The average Bonchev–Trinajstić information content (AvgIpc) is 3.60. The molecule has 12 heteroatoms. The van der Waals surface area contributed by atoms with Crippen LogP contribution in [0.2, 0.25) is 0 Å². The zero-order chi connectivity index (χ0) is 31.6. The van der Waals surface area contributed by atoms with Crippen LogP contribution >= 0.6 is 0 Å². The van der Waals surface area contributed by atoms with E-state index in [1.54, 1.807) is 6.07 Å². The van der Waals surface area contributed by atoms with Crippen LogP contribution in [0.15, 0.2) is 30.3 Å². The van der Waals surface area contributed by atoms with Crippen LogP contribution in [0.3, 0.4) is 0 Å². The molecule has 3 N–H and O–H groups in total. The van der Waals surface area contributed by atoms with E-state index in [2.05, 4.69) is 16.0 Å². The minimum atomic E-state index is -3.00. The minimum Gasteiger partial charge on any atom is -0.348 e. The topological polar surface area (TPSA) is 106 Å². The highest BCUT2D eigenvalue weighted by molar-refractivity contribution is 6.00. The van der Waals surface area contributed by atoms with E-state index in [1.165, 1.54) is 4.57 Å². The Morgan fingerprint density at radius 1 is 1.16 bits per heavy atom. The van der Waals surface area contributed by atoms with Crippen molar-refractivity contribution < 1.29 is 22.8 Å². The van der Waals surface area contributed by atoms with E-state index >= 15 is 8.78 Å². The Balaban J connectivity index is 1.29. The molecule has 0 radical (unpaired) electrons. The maximum Gasteiger partial charge on any atom is 0.265 e. The predicted molar refractivity (Wildman–Crippen MR) is 165 cm³/mol. The summed E-state index contributed by atoms with van der Waals surface area (Å²) in [5, 5.41) is 9.68. The van der Waals surface area contributed by atoms with Crippen molar-refractivity contribution in [3.63, 3.8) is 0 Å². The molecule has 7 rings (SSSR count). The quantitative estimate of drug-likeness (QED) is 0.300. The lowest BCUT2D eigenvalue weighted by atomic mass is 10.0. The number of piperidine rings is 1. The Kier molecular flexibility index (Phi) is 7.37. The Bertz CT molecular complexity index is 1810. The number of carbonyl (C=O) groups excluding carboxylic acids is 2. The summed E-state index contributed by atoms with van der Waals surface area (Å²) in [4.78, 5) is 35.7. The van der Waals surface area contributed by atoms with E-state index in [0.717, 1.165) is 11.9 Å². The van der Waals surface area contributed by atoms with Gasteiger partial charge in [-0.1, -0.05) is 0 Å². The molecule has 2 fully saturated rings. The molecule has 4 aromatic rings. The number of carbonyl (C=O) groups is 2. The number of aryl methyl sites for hydroxylation is 2. The standard InChI is InChI=1S/C33H38F3N7O2/c1-17-11-27-25(14-21(17)31(44)41-26-15-37-10-8-23(26)34)40-30(42(27)3)28-13-20-6-7-24-18(2)38-32(45)22-12-19(22)5-4-9-33(35,36)16-43(28)29(20)39-24/h6-7,11,13-14,18-19,22-23,26,37H,4-5,8-10,12,15-16H2,1-3H3,(H,38,45)(H,41,44)/t18-,19-,22-,23+,26+/m1/s1. The molecule has 5 atom stereocenters. The van der Waals surface area contributed by atoms with Gasteiger partial charge in [0.15, 0.2) is 5.82 Å². The molecule has 1 saturated carbocycles. The third kappa shape index (κ3) is 5.57. The molecule has 0 unspecified atom stereocenters. The van der Waals surface area contributed by atoms with Crippen molar-refractivity contribution in [3.05, 3.63) is 47.2 Å². The number of nitrogens with one attached hydrogen (secondary N) is 3. The Hall–Kier alpha value is -3.93. The Morgan fingerprint density at radius 3 is 2.78 bits per heavy atom. The number of hydrogen-bond acceptors (Lipinski definition) is 5. The maximum atomic E-state index is 15.6. The number of pyridine rings is 1. The van der Waals surface area contributed by atoms with Gasteiger partial charge in [-0.2, -0.15) is 0 Å². The summed E-state index contributed by atoms with van der Waals surface area (Å²) in [5.41, 5.74) is 3.82. The lowest BCUT2D eigenvalue weighted by Gasteiger charge is -2.27. The van der Waals surface area contributed by atoms with Crippen molar-refractivity contribution >= 4 is 33.9 Å². The molecule has 1 aromatic carbocycles. The number of fused-ring (bicyclic) bond motifs is 3. The van der Waals surface area contributed by atoms with Crippen molar-refractivity contribution in [2.24, 2.45) is 18.9 Å². The number of alkyl halides is 3. The van der Waals surface area contributed by atoms with Gasteiger partial charge in [0.2, 0.25) is 5.91 Å². The number of rotatable bonds is 3. The molecular formula is C33H38F3N7O2. The normalized spacial score (nSPS) is 26.8. The fourth-order valence-electron chi connectivity index (χ4n) is 6.97. The third-order valence-corrected chi connectivity index (χ3v) is 9.75. The van der Waals surface area contributed by atoms with E-state index < -0.39 is 24.7 Å². The molecule has 1 aliphatic carbocycles. The number of imidazole rings is 1. The predicted octanol–water partition coefficient (Wildman–Crippen LogP) is 4.96. The Labute approximate surface area is 259 Å². The zero-order valence-electron chi connectivity index (χ0n) is 25.7. The Morgan fingerprint density at radius 2 is 1.98 bits per heavy atom. The average molecular weight is 622 g/mol. The van der Waals surface area contributed by atoms with Gasteiger partial charge in [-0.25, -0.2) is 23.1 Å². The van der Waals surface area contributed by atoms with Crippen LogP contribution in [0, 0.1) is 18.8 Å². The molecule has 0 spiro atoms. The van der Waals surface area contributed by atoms with E-state index in [-0.39, 0.29) is 36.1 Å². The van der Waals surface area contributed by atoms with Crippen LogP contribution in [0.25, 0.3) is 33.6 Å². The fraction of sp³-hybridized carbons (Fsp3) is 0.515. The van der Waals surface area contributed by atoms with E-state index in [1.807, 2.05) is 49.7 Å². The largest absolute Gasteiger partial charge is 0.348 e. The number of benzene rings is 1. The van der Waals surface area contributed by atoms with E-state index in [0.29, 0.717) is 77.2 Å². The lowest BCUT2D eigenvalue weighted by molar-refractivity contribution is -0.123. The number of amides is 2. The zero-order valence-corrected chi connectivity index (χ0v) is 25.7. The van der Waals surface area contributed by atoms with Crippen LogP contribution in [-0.4, -0.2) is 62.1 Å². The SMILES string of the molecule is Cc1cc2c(cc1C(=O)N[C@H]1CNCC[C@@H]1F)nc(-c1cc3ccc4nc3n1CC(F)(F)CCC[C@@H]1C[C@H]1C(=O)N[C@@H]4C)n2C. The first-order valence-electron chi connectivity index (χ1n) is 15.8. The van der Waals surface area contributed by atoms with Crippen molar-refractivity contribution in [2.75, 3.05) is 13.1 Å². The molecule has 2 aliphatic heterocycles. The molecule has 9 nitrogen and oxygen atoms in total. The fourth-order valence-corrected chi connectivity index (χ4v) is 6.97. The molecule has 3 aromatic heterocycles. The first-order valence-corrected chi connectivity index (χ1v) is 15.8. The smallest absolute Gasteiger partial charge is 0.265 e.